The van der Waals surface area contributed by atoms with E-state index in [1.54, 1.807) is 11.8 Å². The molecule has 1 fully saturated rings. The summed E-state index contributed by atoms with van der Waals surface area (Å²) in [5.74, 6) is -0.465. The van der Waals surface area contributed by atoms with Crippen LogP contribution >= 0.6 is 0 Å². The number of benzene rings is 1. The predicted octanol–water partition coefficient (Wildman–Crippen LogP) is 2.62. The van der Waals surface area contributed by atoms with Crippen molar-refractivity contribution in [3.8, 4) is 0 Å². The van der Waals surface area contributed by atoms with Crippen LogP contribution in [0.5, 0.6) is 0 Å². The molecule has 0 aliphatic carbocycles. The van der Waals surface area contributed by atoms with Gasteiger partial charge in [-0.1, -0.05) is 16.8 Å². The number of likely N-dealkylation sites (tertiary alicyclic amines) is 1. The number of carbonyl (C=O) groups excluding carboxylic acids is 2. The summed E-state index contributed by atoms with van der Waals surface area (Å²) in [4.78, 5) is 26.0. The maximum absolute atomic E-state index is 12.4. The van der Waals surface area contributed by atoms with E-state index in [1.807, 2.05) is 25.1 Å². The second kappa shape index (κ2) is 7.55. The molecule has 7 heteroatoms. The Labute approximate surface area is 146 Å². The highest BCUT2D eigenvalue weighted by atomic mass is 16.5. The Morgan fingerprint density at radius 2 is 2.28 bits per heavy atom. The SMILES string of the molecule is CCOC(=O)C1CCCN(C(=O)NCc2noc3ccc(C)cc23)C1. The Hall–Kier alpha value is -2.57. The molecule has 1 aliphatic rings. The van der Waals surface area contributed by atoms with E-state index >= 15 is 0 Å². The zero-order valence-electron chi connectivity index (χ0n) is 14.6. The molecular weight excluding hydrogens is 322 g/mol. The lowest BCUT2D eigenvalue weighted by Gasteiger charge is -2.31. The summed E-state index contributed by atoms with van der Waals surface area (Å²) in [6, 6.07) is 5.62. The number of ether oxygens (including phenoxy) is 1. The lowest BCUT2D eigenvalue weighted by atomic mass is 9.98. The van der Waals surface area contributed by atoms with Crippen LogP contribution in [-0.4, -0.2) is 41.8 Å². The number of nitrogens with one attached hydrogen (secondary N) is 1. The first kappa shape index (κ1) is 17.3. The second-order valence-corrected chi connectivity index (χ2v) is 6.32. The molecular formula is C18H23N3O4. The third kappa shape index (κ3) is 3.92. The quantitative estimate of drug-likeness (QED) is 0.861. The largest absolute Gasteiger partial charge is 0.466 e. The van der Waals surface area contributed by atoms with Gasteiger partial charge in [-0.15, -0.1) is 0 Å². The molecule has 7 nitrogen and oxygen atoms in total. The molecule has 1 aromatic heterocycles. The first-order valence-corrected chi connectivity index (χ1v) is 8.62. The van der Waals surface area contributed by atoms with E-state index in [1.165, 1.54) is 0 Å². The number of hydrogen-bond donors (Lipinski definition) is 1. The van der Waals surface area contributed by atoms with E-state index < -0.39 is 0 Å². The standard InChI is InChI=1S/C18H23N3O4/c1-3-24-17(22)13-5-4-8-21(11-13)18(23)19-10-15-14-9-12(2)6-7-16(14)25-20-15/h6-7,9,13H,3-5,8,10-11H2,1-2H3,(H,19,23). The van der Waals surface area contributed by atoms with Crippen LogP contribution in [-0.2, 0) is 16.1 Å². The molecule has 2 heterocycles. The monoisotopic (exact) mass is 345 g/mol. The minimum atomic E-state index is -0.241. The lowest BCUT2D eigenvalue weighted by Crippen LogP contribution is -2.47. The van der Waals surface area contributed by atoms with Gasteiger partial charge in [0, 0.05) is 18.5 Å². The van der Waals surface area contributed by atoms with E-state index in [4.69, 9.17) is 9.26 Å². The minimum absolute atomic E-state index is 0.196. The van der Waals surface area contributed by atoms with Gasteiger partial charge in [-0.25, -0.2) is 4.79 Å². The molecule has 134 valence electrons. The fourth-order valence-corrected chi connectivity index (χ4v) is 3.12. The third-order valence-electron chi connectivity index (χ3n) is 4.44. The Morgan fingerprint density at radius 3 is 3.08 bits per heavy atom. The first-order valence-electron chi connectivity index (χ1n) is 8.62. The highest BCUT2D eigenvalue weighted by molar-refractivity contribution is 5.81. The zero-order chi connectivity index (χ0) is 17.8. The number of amides is 2. The van der Waals surface area contributed by atoms with E-state index in [9.17, 15) is 9.59 Å². The fourth-order valence-electron chi connectivity index (χ4n) is 3.12. The van der Waals surface area contributed by atoms with Crippen LogP contribution in [0.1, 0.15) is 31.0 Å². The van der Waals surface area contributed by atoms with Gasteiger partial charge in [0.2, 0.25) is 0 Å². The average molecular weight is 345 g/mol. The van der Waals surface area contributed by atoms with Crippen LogP contribution in [0.3, 0.4) is 0 Å². The number of carbonyl (C=O) groups is 2. The van der Waals surface area contributed by atoms with E-state index in [-0.39, 0.29) is 24.5 Å². The number of rotatable bonds is 4. The van der Waals surface area contributed by atoms with Crippen LogP contribution in [0.2, 0.25) is 0 Å². The van der Waals surface area contributed by atoms with Gasteiger partial charge in [-0.05, 0) is 38.8 Å². The molecule has 25 heavy (non-hydrogen) atoms. The maximum Gasteiger partial charge on any atom is 0.317 e. The number of piperidine rings is 1. The molecule has 1 N–H and O–H groups in total. The number of urea groups is 1. The Bertz CT molecular complexity index is 771. The van der Waals surface area contributed by atoms with Crippen molar-refractivity contribution >= 4 is 23.0 Å². The molecule has 2 aromatic rings. The van der Waals surface area contributed by atoms with Gasteiger partial charge in [0.15, 0.2) is 5.58 Å². The summed E-state index contributed by atoms with van der Waals surface area (Å²) in [5, 5.41) is 7.81. The summed E-state index contributed by atoms with van der Waals surface area (Å²) >= 11 is 0. The van der Waals surface area contributed by atoms with Crippen molar-refractivity contribution in [2.75, 3.05) is 19.7 Å². The van der Waals surface area contributed by atoms with Gasteiger partial charge in [-0.2, -0.15) is 0 Å². The molecule has 1 unspecified atom stereocenters. The van der Waals surface area contributed by atoms with Crippen molar-refractivity contribution in [2.45, 2.75) is 33.2 Å². The van der Waals surface area contributed by atoms with Crippen molar-refractivity contribution < 1.29 is 18.8 Å². The van der Waals surface area contributed by atoms with Gasteiger partial charge in [-0.3, -0.25) is 4.79 Å². The highest BCUT2D eigenvalue weighted by Crippen LogP contribution is 2.21. The summed E-state index contributed by atoms with van der Waals surface area (Å²) in [7, 11) is 0. The van der Waals surface area contributed by atoms with Crippen LogP contribution in [0.4, 0.5) is 4.79 Å². The van der Waals surface area contributed by atoms with Crippen LogP contribution in [0.15, 0.2) is 22.7 Å². The summed E-state index contributed by atoms with van der Waals surface area (Å²) < 4.78 is 10.3. The van der Waals surface area contributed by atoms with Gasteiger partial charge in [0.1, 0.15) is 5.69 Å². The topological polar surface area (TPSA) is 84.7 Å². The van der Waals surface area contributed by atoms with E-state index in [0.29, 0.717) is 31.0 Å². The molecule has 1 atom stereocenters. The molecule has 3 rings (SSSR count). The number of aromatic nitrogens is 1. The maximum atomic E-state index is 12.4. The molecule has 0 saturated carbocycles. The summed E-state index contributed by atoms with van der Waals surface area (Å²) in [6.45, 7) is 5.47. The molecule has 1 aromatic carbocycles. The zero-order valence-corrected chi connectivity index (χ0v) is 14.6. The third-order valence-corrected chi connectivity index (χ3v) is 4.44. The van der Waals surface area contributed by atoms with Crippen molar-refractivity contribution in [1.82, 2.24) is 15.4 Å². The summed E-state index contributed by atoms with van der Waals surface area (Å²) in [6.07, 6.45) is 1.55. The first-order chi connectivity index (χ1) is 12.1. The lowest BCUT2D eigenvalue weighted by molar-refractivity contribution is -0.149. The van der Waals surface area contributed by atoms with Crippen molar-refractivity contribution in [3.63, 3.8) is 0 Å². The molecule has 0 spiro atoms. The van der Waals surface area contributed by atoms with Crippen LogP contribution in [0, 0.1) is 12.8 Å². The minimum Gasteiger partial charge on any atom is -0.466 e. The van der Waals surface area contributed by atoms with Crippen LogP contribution in [0.25, 0.3) is 11.0 Å². The molecule has 0 bridgehead atoms. The molecule has 1 aliphatic heterocycles. The Morgan fingerprint density at radius 1 is 1.44 bits per heavy atom. The smallest absolute Gasteiger partial charge is 0.317 e. The van der Waals surface area contributed by atoms with Crippen molar-refractivity contribution in [1.29, 1.82) is 0 Å². The van der Waals surface area contributed by atoms with Gasteiger partial charge >= 0.3 is 12.0 Å². The molecule has 1 saturated heterocycles. The normalized spacial score (nSPS) is 17.5. The molecule has 2 amide bonds. The highest BCUT2D eigenvalue weighted by Gasteiger charge is 2.29. The number of fused-ring (bicyclic) bond motifs is 1. The molecule has 0 radical (unpaired) electrons. The van der Waals surface area contributed by atoms with Gasteiger partial charge in [0.25, 0.3) is 0 Å². The van der Waals surface area contributed by atoms with Gasteiger partial charge < -0.3 is 19.5 Å². The number of esters is 1. The van der Waals surface area contributed by atoms with Gasteiger partial charge in [0.05, 0.1) is 19.1 Å². The number of hydrogen-bond acceptors (Lipinski definition) is 5. The van der Waals surface area contributed by atoms with Crippen molar-refractivity contribution in [2.24, 2.45) is 5.92 Å². The second-order valence-electron chi connectivity index (χ2n) is 6.32. The van der Waals surface area contributed by atoms with Crippen molar-refractivity contribution in [3.05, 3.63) is 29.5 Å². The number of aryl methyl sites for hydroxylation is 1. The van der Waals surface area contributed by atoms with Crippen LogP contribution < -0.4 is 5.32 Å². The van der Waals surface area contributed by atoms with E-state index in [2.05, 4.69) is 10.5 Å². The average Bonchev–Trinajstić information content (AvgIpc) is 3.02. The fraction of sp³-hybridized carbons (Fsp3) is 0.500. The Balaban J connectivity index is 1.60. The summed E-state index contributed by atoms with van der Waals surface area (Å²) in [5.41, 5.74) is 2.51. The number of nitrogens with zero attached hydrogens (tertiary/aromatic N) is 2. The predicted molar refractivity (Wildman–Crippen MR) is 91.9 cm³/mol. The van der Waals surface area contributed by atoms with E-state index in [0.717, 1.165) is 23.8 Å². The Kier molecular flexibility index (Phi) is 5.21.